The number of H-pyrrole nitrogens is 1. The second-order valence-electron chi connectivity index (χ2n) is 6.91. The molecule has 1 atom stereocenters. The van der Waals surface area contributed by atoms with Crippen molar-refractivity contribution in [3.05, 3.63) is 60.3 Å². The number of esters is 1. The summed E-state index contributed by atoms with van der Waals surface area (Å²) < 4.78 is 5.07. The molecular weight excluding hydrogens is 354 g/mol. The highest BCUT2D eigenvalue weighted by molar-refractivity contribution is 5.87. The van der Waals surface area contributed by atoms with Crippen LogP contribution in [0.4, 0.5) is 11.6 Å². The summed E-state index contributed by atoms with van der Waals surface area (Å²) in [4.78, 5) is 24.6. The number of nitrogens with two attached hydrogens (primary N) is 2. The van der Waals surface area contributed by atoms with Crippen molar-refractivity contribution in [1.29, 1.82) is 0 Å². The van der Waals surface area contributed by atoms with Gasteiger partial charge in [0.25, 0.3) is 0 Å². The first-order chi connectivity index (χ1) is 13.5. The fraction of sp³-hybridized carbons (Fsp3) is 0.190. The van der Waals surface area contributed by atoms with Crippen molar-refractivity contribution in [3.63, 3.8) is 0 Å². The fourth-order valence-corrected chi connectivity index (χ4v) is 3.56. The molecule has 2 aromatic heterocycles. The first-order valence-corrected chi connectivity index (χ1v) is 8.94. The highest BCUT2D eigenvalue weighted by atomic mass is 16.5. The van der Waals surface area contributed by atoms with Crippen LogP contribution < -0.4 is 11.5 Å². The lowest BCUT2D eigenvalue weighted by atomic mass is 9.77. The third-order valence-electron chi connectivity index (χ3n) is 5.02. The molecule has 1 aliphatic rings. The van der Waals surface area contributed by atoms with Gasteiger partial charge in [0.05, 0.1) is 18.2 Å². The summed E-state index contributed by atoms with van der Waals surface area (Å²) in [6.45, 7) is 0. The van der Waals surface area contributed by atoms with Gasteiger partial charge in [-0.15, -0.1) is 0 Å². The Hall–Kier alpha value is -3.61. The Balaban J connectivity index is 1.80. The highest BCUT2D eigenvalue weighted by Crippen LogP contribution is 2.36. The number of allylic oxidation sites excluding steroid dienone is 3. The second kappa shape index (κ2) is 6.84. The Morgan fingerprint density at radius 1 is 1.21 bits per heavy atom. The Morgan fingerprint density at radius 3 is 2.68 bits per heavy atom. The summed E-state index contributed by atoms with van der Waals surface area (Å²) in [7, 11) is 1.40. The van der Waals surface area contributed by atoms with Gasteiger partial charge in [-0.05, 0) is 30.2 Å². The van der Waals surface area contributed by atoms with Crippen molar-refractivity contribution in [2.45, 2.75) is 12.8 Å². The Morgan fingerprint density at radius 2 is 2.00 bits per heavy atom. The summed E-state index contributed by atoms with van der Waals surface area (Å²) in [5, 5.41) is 0.826. The number of methoxy groups -OCH3 is 1. The summed E-state index contributed by atoms with van der Waals surface area (Å²) in [6.07, 6.45) is 8.51. The topological polar surface area (TPSA) is 120 Å². The van der Waals surface area contributed by atoms with E-state index in [9.17, 15) is 4.79 Å². The van der Waals surface area contributed by atoms with Crippen LogP contribution >= 0.6 is 0 Å². The van der Waals surface area contributed by atoms with E-state index in [4.69, 9.17) is 16.2 Å². The second-order valence-corrected chi connectivity index (χ2v) is 6.91. The molecule has 142 valence electrons. The highest BCUT2D eigenvalue weighted by Gasteiger charge is 2.38. The summed E-state index contributed by atoms with van der Waals surface area (Å²) in [5.41, 5.74) is 14.8. The third-order valence-corrected chi connectivity index (χ3v) is 5.02. The predicted octanol–water partition coefficient (Wildman–Crippen LogP) is 3.01. The van der Waals surface area contributed by atoms with Crippen molar-refractivity contribution in [2.75, 3.05) is 18.6 Å². The maximum Gasteiger partial charge on any atom is 0.316 e. The molecule has 4 rings (SSSR count). The molecule has 1 aromatic carbocycles. The zero-order valence-electron chi connectivity index (χ0n) is 15.5. The molecule has 1 aliphatic carbocycles. The number of fused-ring (bicyclic) bond motifs is 1. The largest absolute Gasteiger partial charge is 0.468 e. The monoisotopic (exact) mass is 375 g/mol. The van der Waals surface area contributed by atoms with E-state index in [1.165, 1.54) is 7.11 Å². The summed E-state index contributed by atoms with van der Waals surface area (Å²) in [6, 6.07) is 9.52. The molecule has 3 aromatic rings. The van der Waals surface area contributed by atoms with Gasteiger partial charge in [0.1, 0.15) is 5.65 Å². The molecule has 0 fully saturated rings. The van der Waals surface area contributed by atoms with Gasteiger partial charge in [0.2, 0.25) is 5.95 Å². The van der Waals surface area contributed by atoms with E-state index in [-0.39, 0.29) is 11.9 Å². The Labute approximate surface area is 162 Å². The van der Waals surface area contributed by atoms with Crippen LogP contribution in [0.25, 0.3) is 22.3 Å². The number of hydrogen-bond donors (Lipinski definition) is 3. The van der Waals surface area contributed by atoms with Gasteiger partial charge < -0.3 is 21.2 Å². The molecule has 0 amide bonds. The molecule has 0 radical (unpaired) electrons. The predicted molar refractivity (Wildman–Crippen MR) is 109 cm³/mol. The van der Waals surface area contributed by atoms with Crippen LogP contribution in [-0.2, 0) is 16.0 Å². The molecule has 0 aliphatic heterocycles. The number of nitrogens with one attached hydrogen (secondary N) is 1. The van der Waals surface area contributed by atoms with Crippen LogP contribution in [0.15, 0.2) is 54.6 Å². The minimum atomic E-state index is -0.810. The lowest BCUT2D eigenvalue weighted by molar-refractivity contribution is -0.149. The molecule has 7 heteroatoms. The van der Waals surface area contributed by atoms with E-state index in [2.05, 4.69) is 15.0 Å². The molecular formula is C21H21N5O2. The number of rotatable bonds is 4. The fourth-order valence-electron chi connectivity index (χ4n) is 3.56. The van der Waals surface area contributed by atoms with E-state index in [1.54, 1.807) is 0 Å². The first kappa shape index (κ1) is 17.8. The maximum atomic E-state index is 12.6. The van der Waals surface area contributed by atoms with Crippen molar-refractivity contribution >= 4 is 28.6 Å². The molecule has 0 unspecified atom stereocenters. The molecule has 0 spiro atoms. The number of aromatic nitrogens is 3. The van der Waals surface area contributed by atoms with Gasteiger partial charge in [-0.25, -0.2) is 4.98 Å². The van der Waals surface area contributed by atoms with Gasteiger partial charge in [-0.2, -0.15) is 4.98 Å². The van der Waals surface area contributed by atoms with Crippen molar-refractivity contribution in [3.8, 4) is 11.3 Å². The minimum Gasteiger partial charge on any atom is -0.468 e. The number of anilines is 2. The molecule has 7 nitrogen and oxygen atoms in total. The van der Waals surface area contributed by atoms with Crippen molar-refractivity contribution < 1.29 is 9.53 Å². The Bertz CT molecular complexity index is 1100. The quantitative estimate of drug-likeness (QED) is 0.476. The zero-order valence-corrected chi connectivity index (χ0v) is 15.5. The van der Waals surface area contributed by atoms with E-state index >= 15 is 0 Å². The average molecular weight is 375 g/mol. The molecule has 0 saturated heterocycles. The van der Waals surface area contributed by atoms with E-state index in [1.807, 2.05) is 54.6 Å². The standard InChI is InChI=1S/C21H21N5O2/c1-28-19(27)21(9-3-2-4-10-21)12-17-15-11-16(13-5-7-14(22)8-6-13)24-18(15)26-20(23)25-17/h2-9,11H,10,12,22H2,1H3,(H3,23,24,25,26)/t21-/m0/s1. The van der Waals surface area contributed by atoms with Gasteiger partial charge in [-0.1, -0.05) is 36.4 Å². The molecule has 28 heavy (non-hydrogen) atoms. The number of benzene rings is 1. The average Bonchev–Trinajstić information content (AvgIpc) is 3.12. The number of aromatic amines is 1. The molecule has 5 N–H and O–H groups in total. The van der Waals surface area contributed by atoms with Crippen LogP contribution in [0, 0.1) is 5.41 Å². The van der Waals surface area contributed by atoms with Gasteiger partial charge in [-0.3, -0.25) is 4.79 Å². The SMILES string of the molecule is COC(=O)[C@@]1(Cc2nc(N)nc3[nH]c(-c4ccc(N)cc4)cc23)C=CC=CC1. The van der Waals surface area contributed by atoms with Crippen LogP contribution in [0.3, 0.4) is 0 Å². The summed E-state index contributed by atoms with van der Waals surface area (Å²) >= 11 is 0. The van der Waals surface area contributed by atoms with Crippen molar-refractivity contribution in [2.24, 2.45) is 5.41 Å². The number of nitrogens with zero attached hydrogens (tertiary/aromatic N) is 2. The zero-order chi connectivity index (χ0) is 19.7. The third kappa shape index (κ3) is 3.11. The van der Waals surface area contributed by atoms with Crippen LogP contribution in [0.5, 0.6) is 0 Å². The normalized spacial score (nSPS) is 18.5. The van der Waals surface area contributed by atoms with E-state index in [0.717, 1.165) is 16.6 Å². The lowest BCUT2D eigenvalue weighted by Gasteiger charge is -2.28. The van der Waals surface area contributed by atoms with Crippen LogP contribution in [-0.4, -0.2) is 28.0 Å². The van der Waals surface area contributed by atoms with Gasteiger partial charge in [0, 0.05) is 23.2 Å². The molecule has 0 bridgehead atoms. The van der Waals surface area contributed by atoms with Gasteiger partial charge >= 0.3 is 5.97 Å². The number of carbonyl (C=O) groups is 1. The van der Waals surface area contributed by atoms with Crippen LogP contribution in [0.1, 0.15) is 12.1 Å². The Kier molecular flexibility index (Phi) is 4.35. The van der Waals surface area contributed by atoms with Crippen molar-refractivity contribution in [1.82, 2.24) is 15.0 Å². The minimum absolute atomic E-state index is 0.156. The maximum absolute atomic E-state index is 12.6. The van der Waals surface area contributed by atoms with E-state index in [0.29, 0.717) is 29.9 Å². The van der Waals surface area contributed by atoms with E-state index < -0.39 is 5.41 Å². The molecule has 0 saturated carbocycles. The van der Waals surface area contributed by atoms with Crippen LogP contribution in [0.2, 0.25) is 0 Å². The molecule has 2 heterocycles. The first-order valence-electron chi connectivity index (χ1n) is 8.94. The lowest BCUT2D eigenvalue weighted by Crippen LogP contribution is -2.33. The number of carbonyl (C=O) groups excluding carboxylic acids is 1. The number of hydrogen-bond acceptors (Lipinski definition) is 6. The van der Waals surface area contributed by atoms with Gasteiger partial charge in [0.15, 0.2) is 0 Å². The number of nitrogen functional groups attached to an aromatic ring is 2. The smallest absolute Gasteiger partial charge is 0.316 e. The summed E-state index contributed by atoms with van der Waals surface area (Å²) in [5.74, 6) is -0.142. The number of ether oxygens (including phenoxy) is 1.